The molecule has 0 amide bonds. The predicted molar refractivity (Wildman–Crippen MR) is 49.8 cm³/mol. The summed E-state index contributed by atoms with van der Waals surface area (Å²) in [5.74, 6) is 0.648. The van der Waals surface area contributed by atoms with Crippen molar-refractivity contribution in [2.75, 3.05) is 0 Å². The molecule has 0 atom stereocenters. The number of fused-ring (bicyclic) bond motifs is 1. The number of nitrogens with zero attached hydrogens (tertiary/aromatic N) is 1. The van der Waals surface area contributed by atoms with Gasteiger partial charge in [-0.25, -0.2) is 0 Å². The molecule has 0 aliphatic heterocycles. The van der Waals surface area contributed by atoms with Gasteiger partial charge in [-0.3, -0.25) is 5.10 Å². The molecule has 2 rings (SSSR count). The first kappa shape index (κ1) is 7.59. The lowest BCUT2D eigenvalue weighted by Crippen LogP contribution is -2.29. The SMILES string of the molecule is CC(C)C1=c2cn[nH]c2=CCC1. The molecule has 0 fully saturated rings. The molecule has 12 heavy (non-hydrogen) atoms. The van der Waals surface area contributed by atoms with E-state index >= 15 is 0 Å². The van der Waals surface area contributed by atoms with Gasteiger partial charge >= 0.3 is 0 Å². The Balaban J connectivity index is 2.72. The van der Waals surface area contributed by atoms with E-state index in [1.165, 1.54) is 17.0 Å². The van der Waals surface area contributed by atoms with Crippen LogP contribution in [0.4, 0.5) is 0 Å². The zero-order valence-corrected chi connectivity index (χ0v) is 7.59. The number of aromatic nitrogens is 2. The van der Waals surface area contributed by atoms with Crippen molar-refractivity contribution in [2.45, 2.75) is 26.7 Å². The fraction of sp³-hybridized carbons (Fsp3) is 0.500. The zero-order valence-electron chi connectivity index (χ0n) is 7.59. The van der Waals surface area contributed by atoms with Crippen LogP contribution in [0.15, 0.2) is 6.20 Å². The summed E-state index contributed by atoms with van der Waals surface area (Å²) in [6.07, 6.45) is 6.53. The normalized spacial score (nSPS) is 16.1. The van der Waals surface area contributed by atoms with Crippen LogP contribution < -0.4 is 10.6 Å². The van der Waals surface area contributed by atoms with Crippen LogP contribution in [-0.2, 0) is 0 Å². The topological polar surface area (TPSA) is 28.7 Å². The lowest BCUT2D eigenvalue weighted by Gasteiger charge is -2.11. The van der Waals surface area contributed by atoms with Gasteiger partial charge in [-0.15, -0.1) is 0 Å². The van der Waals surface area contributed by atoms with E-state index in [2.05, 4.69) is 30.1 Å². The fourth-order valence-corrected chi connectivity index (χ4v) is 1.81. The maximum atomic E-state index is 4.06. The van der Waals surface area contributed by atoms with Crippen molar-refractivity contribution < 1.29 is 0 Å². The predicted octanol–water partition coefficient (Wildman–Crippen LogP) is 0.791. The number of nitrogens with one attached hydrogen (secondary N) is 1. The Morgan fingerprint density at radius 2 is 2.33 bits per heavy atom. The first-order valence-corrected chi connectivity index (χ1v) is 4.51. The van der Waals surface area contributed by atoms with Crippen LogP contribution in [0.5, 0.6) is 0 Å². The average Bonchev–Trinajstić information content (AvgIpc) is 2.49. The molecule has 1 aromatic rings. The third-order valence-electron chi connectivity index (χ3n) is 2.47. The number of aromatic amines is 1. The number of hydrogen-bond acceptors (Lipinski definition) is 1. The van der Waals surface area contributed by atoms with Crippen LogP contribution in [0.3, 0.4) is 0 Å². The van der Waals surface area contributed by atoms with Crippen LogP contribution in [-0.4, -0.2) is 10.2 Å². The van der Waals surface area contributed by atoms with Crippen LogP contribution in [0.25, 0.3) is 11.6 Å². The van der Waals surface area contributed by atoms with E-state index in [1.54, 1.807) is 5.57 Å². The van der Waals surface area contributed by atoms with Gasteiger partial charge in [0.25, 0.3) is 0 Å². The summed E-state index contributed by atoms with van der Waals surface area (Å²) >= 11 is 0. The lowest BCUT2D eigenvalue weighted by atomic mass is 9.94. The second kappa shape index (κ2) is 2.77. The number of hydrogen-bond donors (Lipinski definition) is 1. The van der Waals surface area contributed by atoms with Gasteiger partial charge in [0, 0.05) is 5.22 Å². The van der Waals surface area contributed by atoms with E-state index in [0.29, 0.717) is 5.92 Å². The molecule has 0 unspecified atom stereocenters. The Labute approximate surface area is 72.0 Å². The molecule has 1 aromatic heterocycles. The van der Waals surface area contributed by atoms with Gasteiger partial charge in [0.05, 0.1) is 11.5 Å². The smallest absolute Gasteiger partial charge is 0.0610 e. The van der Waals surface area contributed by atoms with Crippen LogP contribution in [0, 0.1) is 5.92 Å². The Hall–Kier alpha value is -1.05. The van der Waals surface area contributed by atoms with E-state index in [-0.39, 0.29) is 0 Å². The Morgan fingerprint density at radius 3 is 3.08 bits per heavy atom. The summed E-state index contributed by atoms with van der Waals surface area (Å²) in [5.41, 5.74) is 1.54. The third kappa shape index (κ3) is 1.07. The molecule has 0 spiro atoms. The molecular weight excluding hydrogens is 148 g/mol. The molecule has 2 heteroatoms. The van der Waals surface area contributed by atoms with Crippen molar-refractivity contribution in [3.8, 4) is 0 Å². The summed E-state index contributed by atoms with van der Waals surface area (Å²) in [4.78, 5) is 0. The lowest BCUT2D eigenvalue weighted by molar-refractivity contribution is 0.796. The first-order chi connectivity index (χ1) is 5.79. The van der Waals surface area contributed by atoms with E-state index in [4.69, 9.17) is 0 Å². The summed E-state index contributed by atoms with van der Waals surface area (Å²) < 4.78 is 0. The van der Waals surface area contributed by atoms with E-state index in [1.807, 2.05) is 6.20 Å². The molecule has 0 radical (unpaired) electrons. The van der Waals surface area contributed by atoms with E-state index in [0.717, 1.165) is 6.42 Å². The van der Waals surface area contributed by atoms with Crippen molar-refractivity contribution >= 4 is 11.6 Å². The van der Waals surface area contributed by atoms with Crippen molar-refractivity contribution in [3.05, 3.63) is 16.8 Å². The molecule has 0 saturated carbocycles. The van der Waals surface area contributed by atoms with Crippen molar-refractivity contribution in [3.63, 3.8) is 0 Å². The van der Waals surface area contributed by atoms with E-state index in [9.17, 15) is 0 Å². The third-order valence-corrected chi connectivity index (χ3v) is 2.47. The fourth-order valence-electron chi connectivity index (χ4n) is 1.81. The van der Waals surface area contributed by atoms with Gasteiger partial charge in [-0.1, -0.05) is 25.5 Å². The second-order valence-corrected chi connectivity index (χ2v) is 3.62. The maximum Gasteiger partial charge on any atom is 0.0610 e. The Kier molecular flexibility index (Phi) is 1.75. The van der Waals surface area contributed by atoms with Gasteiger partial charge < -0.3 is 0 Å². The molecule has 64 valence electrons. The molecular formula is C10H14N2. The van der Waals surface area contributed by atoms with Crippen molar-refractivity contribution in [1.29, 1.82) is 0 Å². The maximum absolute atomic E-state index is 4.06. The van der Waals surface area contributed by atoms with Crippen LogP contribution >= 0.6 is 0 Å². The van der Waals surface area contributed by atoms with Crippen LogP contribution in [0.2, 0.25) is 0 Å². The minimum atomic E-state index is 0.648. The molecule has 1 aliphatic rings. The van der Waals surface area contributed by atoms with E-state index < -0.39 is 0 Å². The van der Waals surface area contributed by atoms with Gasteiger partial charge in [0.1, 0.15) is 0 Å². The van der Waals surface area contributed by atoms with Crippen LogP contribution in [0.1, 0.15) is 26.7 Å². The summed E-state index contributed by atoms with van der Waals surface area (Å²) in [6.45, 7) is 4.49. The van der Waals surface area contributed by atoms with Crippen molar-refractivity contribution in [2.24, 2.45) is 5.92 Å². The first-order valence-electron chi connectivity index (χ1n) is 4.51. The Morgan fingerprint density at radius 1 is 1.50 bits per heavy atom. The van der Waals surface area contributed by atoms with Gasteiger partial charge in [0.2, 0.25) is 0 Å². The quantitative estimate of drug-likeness (QED) is 0.650. The Bertz CT molecular complexity index is 384. The summed E-state index contributed by atoms with van der Waals surface area (Å²) in [6, 6.07) is 0. The van der Waals surface area contributed by atoms with Gasteiger partial charge in [-0.05, 0) is 18.8 Å². The molecule has 1 heterocycles. The molecule has 0 aromatic carbocycles. The molecule has 1 aliphatic carbocycles. The average molecular weight is 162 g/mol. The summed E-state index contributed by atoms with van der Waals surface area (Å²) in [7, 11) is 0. The minimum Gasteiger partial charge on any atom is -0.278 e. The molecule has 0 saturated heterocycles. The second-order valence-electron chi connectivity index (χ2n) is 3.62. The highest BCUT2D eigenvalue weighted by atomic mass is 15.1. The molecule has 2 nitrogen and oxygen atoms in total. The largest absolute Gasteiger partial charge is 0.278 e. The highest BCUT2D eigenvalue weighted by Gasteiger charge is 2.08. The van der Waals surface area contributed by atoms with Gasteiger partial charge in [0.15, 0.2) is 0 Å². The summed E-state index contributed by atoms with van der Waals surface area (Å²) in [5, 5.41) is 9.62. The molecule has 0 bridgehead atoms. The molecule has 1 N–H and O–H groups in total. The monoisotopic (exact) mass is 162 g/mol. The van der Waals surface area contributed by atoms with Crippen molar-refractivity contribution in [1.82, 2.24) is 10.2 Å². The number of rotatable bonds is 1. The highest BCUT2D eigenvalue weighted by Crippen LogP contribution is 2.16. The standard InChI is InChI=1S/C10H14N2/c1-7(2)8-4-3-5-10-9(8)6-11-12-10/h5-7,12H,3-4H2,1-2H3. The van der Waals surface area contributed by atoms with Gasteiger partial charge in [-0.2, -0.15) is 5.10 Å². The number of H-pyrrole nitrogens is 1. The zero-order chi connectivity index (χ0) is 8.55. The minimum absolute atomic E-state index is 0.648. The highest BCUT2D eigenvalue weighted by molar-refractivity contribution is 5.50.